The van der Waals surface area contributed by atoms with Crippen LogP contribution in [0.3, 0.4) is 0 Å². The van der Waals surface area contributed by atoms with Crippen LogP contribution in [-0.2, 0) is 10.2 Å². The van der Waals surface area contributed by atoms with Gasteiger partial charge in [-0.3, -0.25) is 0 Å². The van der Waals surface area contributed by atoms with Crippen LogP contribution in [0.4, 0.5) is 22.0 Å². The van der Waals surface area contributed by atoms with E-state index in [1.54, 1.807) is 7.11 Å². The number of benzene rings is 2. The molecule has 236 valence electrons. The molecule has 0 saturated heterocycles. The lowest BCUT2D eigenvalue weighted by Crippen LogP contribution is -2.40. The third-order valence-electron chi connectivity index (χ3n) is 8.19. The summed E-state index contributed by atoms with van der Waals surface area (Å²) in [6, 6.07) is 14.9. The second-order valence-corrected chi connectivity index (χ2v) is 12.8. The van der Waals surface area contributed by atoms with E-state index in [1.807, 2.05) is 12.1 Å². The van der Waals surface area contributed by atoms with E-state index in [9.17, 15) is 22.0 Å². The summed E-state index contributed by atoms with van der Waals surface area (Å²) in [5, 5.41) is 0. The fourth-order valence-corrected chi connectivity index (χ4v) is 6.55. The summed E-state index contributed by atoms with van der Waals surface area (Å²) in [6.45, 7) is 5.20. The fourth-order valence-electron chi connectivity index (χ4n) is 5.59. The lowest BCUT2D eigenvalue weighted by molar-refractivity contribution is -0.284. The van der Waals surface area contributed by atoms with Crippen molar-refractivity contribution < 1.29 is 36.2 Å². The van der Waals surface area contributed by atoms with Crippen molar-refractivity contribution in [3.63, 3.8) is 0 Å². The van der Waals surface area contributed by atoms with Gasteiger partial charge in [0.1, 0.15) is 11.5 Å². The quantitative estimate of drug-likeness (QED) is 0.0946. The third-order valence-corrected chi connectivity index (χ3v) is 9.34. The van der Waals surface area contributed by atoms with Gasteiger partial charge < -0.3 is 14.2 Å². The Balaban J connectivity index is 1.41. The number of rotatable bonds is 18. The van der Waals surface area contributed by atoms with Crippen molar-refractivity contribution in [2.45, 2.75) is 101 Å². The highest BCUT2D eigenvalue weighted by atomic mass is 32.2. The van der Waals surface area contributed by atoms with Gasteiger partial charge in [0.05, 0.1) is 6.61 Å². The summed E-state index contributed by atoms with van der Waals surface area (Å²) in [4.78, 5) is 0. The Morgan fingerprint density at radius 2 is 1.52 bits per heavy atom. The van der Waals surface area contributed by atoms with Crippen LogP contribution in [0.2, 0.25) is 0 Å². The van der Waals surface area contributed by atoms with Crippen LogP contribution >= 0.6 is 11.8 Å². The van der Waals surface area contributed by atoms with Gasteiger partial charge in [0.15, 0.2) is 6.79 Å². The molecule has 42 heavy (non-hydrogen) atoms. The predicted octanol–water partition coefficient (Wildman–Crippen LogP) is 10.2. The number of ether oxygens (including phenoxy) is 3. The molecule has 3 rings (SSSR count). The van der Waals surface area contributed by atoms with Crippen LogP contribution in [-0.4, -0.2) is 44.1 Å². The highest BCUT2D eigenvalue weighted by molar-refractivity contribution is 7.99. The first-order chi connectivity index (χ1) is 20.0. The maximum atomic E-state index is 12.9. The molecular weight excluding hydrogens is 571 g/mol. The van der Waals surface area contributed by atoms with E-state index in [0.717, 1.165) is 68.6 Å². The molecule has 0 spiro atoms. The van der Waals surface area contributed by atoms with Crippen LogP contribution in [0.25, 0.3) is 0 Å². The molecule has 1 heterocycles. The normalized spacial score (nSPS) is 18.9. The lowest BCUT2D eigenvalue weighted by atomic mass is 9.66. The van der Waals surface area contributed by atoms with Gasteiger partial charge in [-0.25, -0.2) is 0 Å². The molecule has 0 radical (unpaired) electrons. The molecule has 1 aliphatic rings. The molecule has 0 N–H and O–H groups in total. The Labute approximate surface area is 251 Å². The van der Waals surface area contributed by atoms with E-state index in [0.29, 0.717) is 18.3 Å². The minimum absolute atomic E-state index is 0.125. The van der Waals surface area contributed by atoms with E-state index in [2.05, 4.69) is 44.2 Å². The van der Waals surface area contributed by atoms with Gasteiger partial charge in [-0.1, -0.05) is 81.3 Å². The van der Waals surface area contributed by atoms with Crippen molar-refractivity contribution in [2.24, 2.45) is 0 Å². The molecule has 0 bridgehead atoms. The van der Waals surface area contributed by atoms with Crippen molar-refractivity contribution in [3.05, 3.63) is 59.2 Å². The van der Waals surface area contributed by atoms with Gasteiger partial charge in [0, 0.05) is 30.9 Å². The van der Waals surface area contributed by atoms with E-state index >= 15 is 0 Å². The number of hydrogen-bond donors (Lipinski definition) is 0. The first-order valence-electron chi connectivity index (χ1n) is 15.0. The second-order valence-electron chi connectivity index (χ2n) is 11.6. The molecule has 1 aliphatic heterocycles. The zero-order chi connectivity index (χ0) is 30.6. The number of unbranched alkanes of at least 4 members (excludes halogenated alkanes) is 6. The maximum absolute atomic E-state index is 12.9. The summed E-state index contributed by atoms with van der Waals surface area (Å²) in [5.74, 6) is -1.52. The number of halogens is 5. The van der Waals surface area contributed by atoms with Crippen molar-refractivity contribution in [1.82, 2.24) is 0 Å². The molecule has 0 unspecified atom stereocenters. The van der Waals surface area contributed by atoms with Gasteiger partial charge in [-0.15, -0.1) is 0 Å². The smallest absolute Gasteiger partial charge is 0.453 e. The molecule has 2 aromatic carbocycles. The Bertz CT molecular complexity index is 1080. The largest absolute Gasteiger partial charge is 0.492 e. The highest BCUT2D eigenvalue weighted by Gasteiger charge is 2.56. The topological polar surface area (TPSA) is 27.7 Å². The van der Waals surface area contributed by atoms with Crippen molar-refractivity contribution >= 4 is 11.8 Å². The van der Waals surface area contributed by atoms with Crippen LogP contribution in [0, 0.1) is 6.92 Å². The van der Waals surface area contributed by atoms with Crippen molar-refractivity contribution in [2.75, 3.05) is 32.0 Å². The Kier molecular flexibility index (Phi) is 13.3. The number of aryl methyl sites for hydroxylation is 1. The lowest BCUT2D eigenvalue weighted by Gasteiger charge is -2.43. The van der Waals surface area contributed by atoms with Gasteiger partial charge in [-0.05, 0) is 54.9 Å². The SMILES string of the molecule is COCOc1ccc2c(c1)OC[C@](C)(c1ccc(C)cc1)[C@@H]2CCCCCCCCCSCCCC(F)(F)C(F)(F)F. The summed E-state index contributed by atoms with van der Waals surface area (Å²) in [5.41, 5.74) is 3.60. The molecule has 3 nitrogen and oxygen atoms in total. The summed E-state index contributed by atoms with van der Waals surface area (Å²) < 4.78 is 79.5. The maximum Gasteiger partial charge on any atom is 0.453 e. The number of hydrogen-bond acceptors (Lipinski definition) is 4. The monoisotopic (exact) mass is 616 g/mol. The first kappa shape index (κ1) is 34.5. The van der Waals surface area contributed by atoms with Crippen LogP contribution in [0.1, 0.15) is 93.7 Å². The standard InChI is InChI=1S/C33H45F5O3S/c1-25-13-15-26(16-14-25)31(2)23-40-30-22-27(41-24-39-3)17-18-28(30)29(31)12-9-7-5-4-6-8-10-20-42-21-11-19-32(34,35)33(36,37)38/h13-18,22,29H,4-12,19-21,23-24H2,1-3H3/t29-,31-/m1/s1. The van der Waals surface area contributed by atoms with Gasteiger partial charge in [-0.2, -0.15) is 33.7 Å². The first-order valence-corrected chi connectivity index (χ1v) is 16.1. The second kappa shape index (κ2) is 16.2. The van der Waals surface area contributed by atoms with Crippen LogP contribution < -0.4 is 9.47 Å². The average molecular weight is 617 g/mol. The van der Waals surface area contributed by atoms with Gasteiger partial charge >= 0.3 is 12.1 Å². The molecular formula is C33H45F5O3S. The van der Waals surface area contributed by atoms with Crippen molar-refractivity contribution in [1.29, 1.82) is 0 Å². The molecule has 0 fully saturated rings. The Hall–Kier alpha value is -2.00. The van der Waals surface area contributed by atoms with E-state index in [-0.39, 0.29) is 18.6 Å². The van der Waals surface area contributed by atoms with Crippen LogP contribution in [0.5, 0.6) is 11.5 Å². The predicted molar refractivity (Wildman–Crippen MR) is 160 cm³/mol. The molecule has 0 amide bonds. The van der Waals surface area contributed by atoms with E-state index in [4.69, 9.17) is 14.2 Å². The molecule has 2 aromatic rings. The van der Waals surface area contributed by atoms with E-state index in [1.165, 1.54) is 28.5 Å². The van der Waals surface area contributed by atoms with E-state index < -0.39 is 18.5 Å². The fraction of sp³-hybridized carbons (Fsp3) is 0.636. The summed E-state index contributed by atoms with van der Waals surface area (Å²) in [7, 11) is 1.60. The van der Waals surface area contributed by atoms with Gasteiger partial charge in [0.25, 0.3) is 0 Å². The van der Waals surface area contributed by atoms with Gasteiger partial charge in [0.2, 0.25) is 0 Å². The van der Waals surface area contributed by atoms with Crippen molar-refractivity contribution in [3.8, 4) is 11.5 Å². The zero-order valence-electron chi connectivity index (χ0n) is 25.0. The molecule has 2 atom stereocenters. The molecule has 0 aliphatic carbocycles. The Morgan fingerprint density at radius 1 is 0.881 bits per heavy atom. The zero-order valence-corrected chi connectivity index (χ0v) is 25.9. The summed E-state index contributed by atoms with van der Waals surface area (Å²) in [6.07, 6.45) is 2.04. The number of methoxy groups -OCH3 is 1. The highest BCUT2D eigenvalue weighted by Crippen LogP contribution is 2.49. The third kappa shape index (κ3) is 9.76. The minimum atomic E-state index is -5.45. The number of fused-ring (bicyclic) bond motifs is 1. The van der Waals surface area contributed by atoms with Crippen LogP contribution in [0.15, 0.2) is 42.5 Å². The minimum Gasteiger partial charge on any atom is -0.492 e. The number of alkyl halides is 5. The summed E-state index contributed by atoms with van der Waals surface area (Å²) >= 11 is 1.46. The molecule has 0 aromatic heterocycles. The molecule has 9 heteroatoms. The average Bonchev–Trinajstić information content (AvgIpc) is 2.95. The molecule has 0 saturated carbocycles. The number of thioether (sulfide) groups is 1. The Morgan fingerprint density at radius 3 is 2.19 bits per heavy atom.